The average molecular weight is 480 g/mol. The molecule has 0 bridgehead atoms. The molecule has 0 aliphatic carbocycles. The van der Waals surface area contributed by atoms with Gasteiger partial charge in [0, 0.05) is 16.3 Å². The lowest BCUT2D eigenvalue weighted by molar-refractivity contribution is -0.132. The predicted octanol–water partition coefficient (Wildman–Crippen LogP) is 6.20. The third-order valence-electron chi connectivity index (χ3n) is 5.65. The van der Waals surface area contributed by atoms with Gasteiger partial charge in [-0.1, -0.05) is 30.7 Å². The second-order valence-corrected chi connectivity index (χ2v) is 8.46. The number of aliphatic hydroxyl groups excluding tert-OH is 1. The van der Waals surface area contributed by atoms with Crippen LogP contribution >= 0.6 is 11.6 Å². The van der Waals surface area contributed by atoms with E-state index in [1.54, 1.807) is 42.5 Å². The molecule has 3 aromatic rings. The van der Waals surface area contributed by atoms with Crippen LogP contribution in [0.4, 0.5) is 10.1 Å². The van der Waals surface area contributed by atoms with Crippen LogP contribution < -0.4 is 9.64 Å². The van der Waals surface area contributed by atoms with Gasteiger partial charge < -0.3 is 9.84 Å². The highest BCUT2D eigenvalue weighted by Crippen LogP contribution is 2.42. The first kappa shape index (κ1) is 23.5. The molecule has 1 N–H and O–H groups in total. The number of anilines is 1. The highest BCUT2D eigenvalue weighted by atomic mass is 35.5. The maximum absolute atomic E-state index is 13.5. The SMILES string of the molecule is CCCOc1ccc(/C(O)=C2/C(=O)C(=O)N(c3ccc(F)cc3)C2c2ccc(Cl)cc2)cc1C. The van der Waals surface area contributed by atoms with Crippen LogP contribution in [0.1, 0.15) is 36.1 Å². The van der Waals surface area contributed by atoms with E-state index in [0.717, 1.165) is 12.0 Å². The van der Waals surface area contributed by atoms with E-state index in [4.69, 9.17) is 16.3 Å². The molecule has 7 heteroatoms. The van der Waals surface area contributed by atoms with E-state index in [2.05, 4.69) is 0 Å². The van der Waals surface area contributed by atoms with E-state index in [-0.39, 0.29) is 11.3 Å². The Kier molecular flexibility index (Phi) is 6.70. The number of hydrogen-bond donors (Lipinski definition) is 1. The molecule has 1 fully saturated rings. The summed E-state index contributed by atoms with van der Waals surface area (Å²) in [5, 5.41) is 11.7. The second-order valence-electron chi connectivity index (χ2n) is 8.03. The number of carbonyl (C=O) groups excluding carboxylic acids is 2. The van der Waals surface area contributed by atoms with Crippen LogP contribution in [-0.4, -0.2) is 23.4 Å². The highest BCUT2D eigenvalue weighted by Gasteiger charge is 2.47. The summed E-state index contributed by atoms with van der Waals surface area (Å²) in [6.07, 6.45) is 0.856. The number of aliphatic hydroxyl groups is 1. The first-order chi connectivity index (χ1) is 16.3. The van der Waals surface area contributed by atoms with Gasteiger partial charge in [-0.15, -0.1) is 0 Å². The highest BCUT2D eigenvalue weighted by molar-refractivity contribution is 6.51. The van der Waals surface area contributed by atoms with Crippen molar-refractivity contribution < 1.29 is 23.8 Å². The molecule has 1 unspecified atom stereocenters. The monoisotopic (exact) mass is 479 g/mol. The Hall–Kier alpha value is -3.64. The summed E-state index contributed by atoms with van der Waals surface area (Å²) in [6, 6.07) is 16.1. The minimum absolute atomic E-state index is 0.0572. The van der Waals surface area contributed by atoms with Gasteiger partial charge in [0.15, 0.2) is 0 Å². The molecule has 174 valence electrons. The minimum Gasteiger partial charge on any atom is -0.507 e. The third-order valence-corrected chi connectivity index (χ3v) is 5.90. The zero-order chi connectivity index (χ0) is 24.4. The predicted molar refractivity (Wildman–Crippen MR) is 130 cm³/mol. The van der Waals surface area contributed by atoms with Crippen LogP contribution in [0.25, 0.3) is 5.76 Å². The topological polar surface area (TPSA) is 66.8 Å². The number of hydrogen-bond acceptors (Lipinski definition) is 4. The maximum atomic E-state index is 13.5. The number of Topliss-reactive ketones (excluding diaryl/α,β-unsaturated/α-hetero) is 1. The Morgan fingerprint density at radius 3 is 2.35 bits per heavy atom. The summed E-state index contributed by atoms with van der Waals surface area (Å²) in [7, 11) is 0. The molecule has 0 radical (unpaired) electrons. The van der Waals surface area contributed by atoms with Crippen molar-refractivity contribution in [2.45, 2.75) is 26.3 Å². The molecule has 1 atom stereocenters. The van der Waals surface area contributed by atoms with E-state index < -0.39 is 23.5 Å². The van der Waals surface area contributed by atoms with Gasteiger partial charge in [-0.2, -0.15) is 0 Å². The summed E-state index contributed by atoms with van der Waals surface area (Å²) >= 11 is 6.05. The molecule has 1 aliphatic heterocycles. The van der Waals surface area contributed by atoms with Gasteiger partial charge >= 0.3 is 0 Å². The number of ketones is 1. The Balaban J connectivity index is 1.87. The molecule has 0 aromatic heterocycles. The van der Waals surface area contributed by atoms with Gasteiger partial charge in [0.2, 0.25) is 0 Å². The molecule has 5 nitrogen and oxygen atoms in total. The van der Waals surface area contributed by atoms with Crippen molar-refractivity contribution >= 4 is 34.7 Å². The van der Waals surface area contributed by atoms with Crippen LogP contribution in [0.5, 0.6) is 5.75 Å². The number of benzene rings is 3. The lowest BCUT2D eigenvalue weighted by atomic mass is 9.94. The molecular formula is C27H23ClFNO4. The van der Waals surface area contributed by atoms with E-state index in [0.29, 0.717) is 34.2 Å². The lowest BCUT2D eigenvalue weighted by Gasteiger charge is -2.25. The second kappa shape index (κ2) is 9.69. The smallest absolute Gasteiger partial charge is 0.300 e. The van der Waals surface area contributed by atoms with Crippen molar-refractivity contribution in [3.05, 3.63) is 99.8 Å². The molecule has 1 aliphatic rings. The quantitative estimate of drug-likeness (QED) is 0.259. The van der Waals surface area contributed by atoms with E-state index in [1.165, 1.54) is 29.2 Å². The Morgan fingerprint density at radius 1 is 1.06 bits per heavy atom. The van der Waals surface area contributed by atoms with Gasteiger partial charge in [0.05, 0.1) is 18.2 Å². The summed E-state index contributed by atoms with van der Waals surface area (Å²) in [4.78, 5) is 27.6. The van der Waals surface area contributed by atoms with Crippen molar-refractivity contribution in [1.82, 2.24) is 0 Å². The van der Waals surface area contributed by atoms with Crippen molar-refractivity contribution in [3.63, 3.8) is 0 Å². The molecule has 0 spiro atoms. The fourth-order valence-corrected chi connectivity index (χ4v) is 4.11. The van der Waals surface area contributed by atoms with Crippen LogP contribution in [-0.2, 0) is 9.59 Å². The molecule has 1 heterocycles. The fraction of sp³-hybridized carbons (Fsp3) is 0.185. The number of carbonyl (C=O) groups is 2. The Morgan fingerprint density at radius 2 is 1.74 bits per heavy atom. The number of nitrogens with zero attached hydrogens (tertiary/aromatic N) is 1. The minimum atomic E-state index is -0.918. The van der Waals surface area contributed by atoms with E-state index in [9.17, 15) is 19.1 Å². The van der Waals surface area contributed by atoms with Crippen molar-refractivity contribution in [1.29, 1.82) is 0 Å². The summed E-state index contributed by atoms with van der Waals surface area (Å²) in [5.41, 5.74) is 2.03. The van der Waals surface area contributed by atoms with Gasteiger partial charge in [-0.05, 0) is 79.1 Å². The third kappa shape index (κ3) is 4.41. The lowest BCUT2D eigenvalue weighted by Crippen LogP contribution is -2.29. The molecule has 34 heavy (non-hydrogen) atoms. The fourth-order valence-electron chi connectivity index (χ4n) is 3.99. The molecule has 0 saturated carbocycles. The molecule has 1 amide bonds. The van der Waals surface area contributed by atoms with Crippen LogP contribution in [0.15, 0.2) is 72.3 Å². The normalized spacial score (nSPS) is 17.3. The number of halogens is 2. The van der Waals surface area contributed by atoms with Gasteiger partial charge in [0.25, 0.3) is 11.7 Å². The first-order valence-electron chi connectivity index (χ1n) is 10.9. The number of ether oxygens (including phenoxy) is 1. The largest absolute Gasteiger partial charge is 0.507 e. The molecular weight excluding hydrogens is 457 g/mol. The zero-order valence-electron chi connectivity index (χ0n) is 18.7. The molecule has 4 rings (SSSR count). The molecule has 1 saturated heterocycles. The maximum Gasteiger partial charge on any atom is 0.300 e. The average Bonchev–Trinajstić information content (AvgIpc) is 3.09. The molecule has 3 aromatic carbocycles. The van der Waals surface area contributed by atoms with Crippen LogP contribution in [0.3, 0.4) is 0 Å². The zero-order valence-corrected chi connectivity index (χ0v) is 19.5. The Labute approximate surface area is 202 Å². The summed E-state index contributed by atoms with van der Waals surface area (Å²) in [6.45, 7) is 4.41. The van der Waals surface area contributed by atoms with Gasteiger partial charge in [0.1, 0.15) is 17.3 Å². The van der Waals surface area contributed by atoms with Gasteiger partial charge in [-0.3, -0.25) is 14.5 Å². The van der Waals surface area contributed by atoms with Crippen LogP contribution in [0, 0.1) is 12.7 Å². The van der Waals surface area contributed by atoms with Crippen molar-refractivity contribution in [2.75, 3.05) is 11.5 Å². The van der Waals surface area contributed by atoms with Gasteiger partial charge in [-0.25, -0.2) is 4.39 Å². The van der Waals surface area contributed by atoms with Crippen molar-refractivity contribution in [3.8, 4) is 5.75 Å². The van der Waals surface area contributed by atoms with E-state index in [1.807, 2.05) is 13.8 Å². The number of rotatable bonds is 6. The standard InChI is InChI=1S/C27H23ClFNO4/c1-3-14-34-22-13-6-18(15-16(22)2)25(31)23-24(17-4-7-19(28)8-5-17)30(27(33)26(23)32)21-11-9-20(29)10-12-21/h4-13,15,24,31H,3,14H2,1-2H3/b25-23-. The van der Waals surface area contributed by atoms with Crippen LogP contribution in [0.2, 0.25) is 5.02 Å². The summed E-state index contributed by atoms with van der Waals surface area (Å²) in [5.74, 6) is -1.73. The number of amides is 1. The number of aryl methyl sites for hydroxylation is 1. The van der Waals surface area contributed by atoms with E-state index >= 15 is 0 Å². The first-order valence-corrected chi connectivity index (χ1v) is 11.3. The Bertz CT molecular complexity index is 1270. The van der Waals surface area contributed by atoms with Crippen molar-refractivity contribution in [2.24, 2.45) is 0 Å². The summed E-state index contributed by atoms with van der Waals surface area (Å²) < 4.78 is 19.2.